The van der Waals surface area contributed by atoms with E-state index in [9.17, 15) is 0 Å². The normalized spacial score (nSPS) is 18.5. The van der Waals surface area contributed by atoms with Crippen LogP contribution in [0, 0.1) is 5.92 Å². The van der Waals surface area contributed by atoms with Gasteiger partial charge in [0, 0.05) is 24.6 Å². The van der Waals surface area contributed by atoms with Crippen molar-refractivity contribution in [3.63, 3.8) is 0 Å². The van der Waals surface area contributed by atoms with Crippen molar-refractivity contribution >= 4 is 11.6 Å². The molecule has 1 aromatic rings. The van der Waals surface area contributed by atoms with Crippen LogP contribution >= 0.6 is 11.6 Å². The number of rotatable bonds is 5. The highest BCUT2D eigenvalue weighted by Gasteiger charge is 2.27. The fourth-order valence-electron chi connectivity index (χ4n) is 2.96. The molecule has 2 rings (SSSR count). The van der Waals surface area contributed by atoms with Gasteiger partial charge in [0.1, 0.15) is 6.10 Å². The van der Waals surface area contributed by atoms with Gasteiger partial charge < -0.3 is 4.74 Å². The number of nitrogens with zero attached hydrogens (tertiary/aromatic N) is 2. The Morgan fingerprint density at radius 1 is 1.37 bits per heavy atom. The van der Waals surface area contributed by atoms with Gasteiger partial charge in [-0.25, -0.2) is 9.97 Å². The summed E-state index contributed by atoms with van der Waals surface area (Å²) >= 11 is 5.91. The summed E-state index contributed by atoms with van der Waals surface area (Å²) in [5.41, 5.74) is 2.09. The van der Waals surface area contributed by atoms with Crippen molar-refractivity contribution in [1.29, 1.82) is 0 Å². The van der Waals surface area contributed by atoms with Gasteiger partial charge in [-0.2, -0.15) is 0 Å². The third-order valence-electron chi connectivity index (χ3n) is 4.04. The molecule has 1 saturated carbocycles. The fourth-order valence-corrected chi connectivity index (χ4v) is 3.18. The van der Waals surface area contributed by atoms with Crippen molar-refractivity contribution < 1.29 is 4.74 Å². The van der Waals surface area contributed by atoms with E-state index in [4.69, 9.17) is 16.3 Å². The highest BCUT2D eigenvalue weighted by Crippen LogP contribution is 2.35. The van der Waals surface area contributed by atoms with Gasteiger partial charge in [-0.1, -0.05) is 26.2 Å². The Balaban J connectivity index is 2.22. The molecule has 3 nitrogen and oxygen atoms in total. The van der Waals surface area contributed by atoms with Crippen molar-refractivity contribution in [3.05, 3.63) is 23.3 Å². The monoisotopic (exact) mass is 282 g/mol. The predicted molar refractivity (Wildman–Crippen MR) is 77.3 cm³/mol. The number of ether oxygens (including phenoxy) is 1. The fraction of sp³-hybridized carbons (Fsp3) is 0.733. The smallest absolute Gasteiger partial charge is 0.157 e. The number of halogens is 1. The molecule has 106 valence electrons. The lowest BCUT2D eigenvalue weighted by Gasteiger charge is -2.28. The first kappa shape index (κ1) is 14.7. The molecular weight excluding hydrogens is 260 g/mol. The van der Waals surface area contributed by atoms with E-state index in [1.807, 2.05) is 6.20 Å². The summed E-state index contributed by atoms with van der Waals surface area (Å²) in [6.45, 7) is 2.10. The van der Waals surface area contributed by atoms with Crippen molar-refractivity contribution in [2.75, 3.05) is 7.11 Å². The molecule has 1 aliphatic carbocycles. The first-order valence-electron chi connectivity index (χ1n) is 7.23. The Kier molecular flexibility index (Phi) is 5.59. The molecule has 1 aromatic heterocycles. The van der Waals surface area contributed by atoms with E-state index in [2.05, 4.69) is 16.9 Å². The molecule has 1 unspecified atom stereocenters. The van der Waals surface area contributed by atoms with E-state index in [0.717, 1.165) is 23.5 Å². The zero-order chi connectivity index (χ0) is 13.7. The molecule has 0 aliphatic heterocycles. The SMILES string of the molecule is CCc1nc(C(OC)C2CCCCC2)ncc1CCl. The average Bonchev–Trinajstić information content (AvgIpc) is 2.49. The second-order valence-electron chi connectivity index (χ2n) is 5.24. The van der Waals surface area contributed by atoms with Gasteiger partial charge in [0.15, 0.2) is 5.82 Å². The molecule has 0 spiro atoms. The van der Waals surface area contributed by atoms with E-state index >= 15 is 0 Å². The van der Waals surface area contributed by atoms with Crippen LogP contribution in [-0.4, -0.2) is 17.1 Å². The summed E-state index contributed by atoms with van der Waals surface area (Å²) in [6, 6.07) is 0. The number of aryl methyl sites for hydroxylation is 1. The summed E-state index contributed by atoms with van der Waals surface area (Å²) in [7, 11) is 1.77. The number of alkyl halides is 1. The Morgan fingerprint density at radius 3 is 2.68 bits per heavy atom. The quantitative estimate of drug-likeness (QED) is 0.765. The molecule has 1 aliphatic rings. The standard InChI is InChI=1S/C15H23ClN2O/c1-3-13-12(9-16)10-17-15(18-13)14(19-2)11-7-5-4-6-8-11/h10-11,14H,3-9H2,1-2H3. The Bertz CT molecular complexity index is 405. The number of hydrogen-bond acceptors (Lipinski definition) is 3. The third kappa shape index (κ3) is 3.46. The molecule has 1 heterocycles. The van der Waals surface area contributed by atoms with E-state index < -0.39 is 0 Å². The van der Waals surface area contributed by atoms with Crippen LogP contribution in [-0.2, 0) is 17.0 Å². The van der Waals surface area contributed by atoms with Crippen LogP contribution in [0.4, 0.5) is 0 Å². The number of aromatic nitrogens is 2. The van der Waals surface area contributed by atoms with Gasteiger partial charge in [0.05, 0.1) is 5.88 Å². The summed E-state index contributed by atoms with van der Waals surface area (Å²) < 4.78 is 5.69. The van der Waals surface area contributed by atoms with E-state index in [-0.39, 0.29) is 6.10 Å². The van der Waals surface area contributed by atoms with Gasteiger partial charge in [-0.3, -0.25) is 0 Å². The lowest BCUT2D eigenvalue weighted by molar-refractivity contribution is 0.0287. The summed E-state index contributed by atoms with van der Waals surface area (Å²) in [4.78, 5) is 9.17. The highest BCUT2D eigenvalue weighted by atomic mass is 35.5. The first-order chi connectivity index (χ1) is 9.30. The molecule has 19 heavy (non-hydrogen) atoms. The Hall–Kier alpha value is -0.670. The van der Waals surface area contributed by atoms with Gasteiger partial charge in [-0.05, 0) is 25.2 Å². The number of methoxy groups -OCH3 is 1. The van der Waals surface area contributed by atoms with Crippen LogP contribution in [0.5, 0.6) is 0 Å². The topological polar surface area (TPSA) is 35.0 Å². The minimum absolute atomic E-state index is 0.0370. The molecule has 0 aromatic carbocycles. The molecule has 0 saturated heterocycles. The molecule has 0 bridgehead atoms. The third-order valence-corrected chi connectivity index (χ3v) is 4.33. The van der Waals surface area contributed by atoms with E-state index in [1.165, 1.54) is 32.1 Å². The van der Waals surface area contributed by atoms with Crippen molar-refractivity contribution in [1.82, 2.24) is 9.97 Å². The van der Waals surface area contributed by atoms with E-state index in [1.54, 1.807) is 7.11 Å². The molecule has 4 heteroatoms. The predicted octanol–water partition coefficient (Wildman–Crippen LogP) is 4.05. The van der Waals surface area contributed by atoms with Gasteiger partial charge in [0.2, 0.25) is 0 Å². The largest absolute Gasteiger partial charge is 0.373 e. The van der Waals surface area contributed by atoms with Crippen LogP contribution in [0.1, 0.15) is 62.2 Å². The molecule has 0 N–H and O–H groups in total. The Labute approximate surface area is 120 Å². The zero-order valence-electron chi connectivity index (χ0n) is 11.9. The van der Waals surface area contributed by atoms with Crippen LogP contribution < -0.4 is 0 Å². The van der Waals surface area contributed by atoms with Crippen LogP contribution in [0.2, 0.25) is 0 Å². The summed E-state index contributed by atoms with van der Waals surface area (Å²) in [6.07, 6.45) is 9.17. The van der Waals surface area contributed by atoms with Gasteiger partial charge in [0.25, 0.3) is 0 Å². The lowest BCUT2D eigenvalue weighted by atomic mass is 9.85. The average molecular weight is 283 g/mol. The maximum absolute atomic E-state index is 5.91. The van der Waals surface area contributed by atoms with Gasteiger partial charge in [-0.15, -0.1) is 11.6 Å². The lowest BCUT2D eigenvalue weighted by Crippen LogP contribution is -2.21. The maximum Gasteiger partial charge on any atom is 0.157 e. The van der Waals surface area contributed by atoms with Crippen molar-refractivity contribution in [2.45, 2.75) is 57.4 Å². The van der Waals surface area contributed by atoms with Crippen LogP contribution in [0.25, 0.3) is 0 Å². The highest BCUT2D eigenvalue weighted by molar-refractivity contribution is 6.17. The minimum Gasteiger partial charge on any atom is -0.373 e. The van der Waals surface area contributed by atoms with Crippen molar-refractivity contribution in [2.24, 2.45) is 5.92 Å². The second-order valence-corrected chi connectivity index (χ2v) is 5.51. The van der Waals surface area contributed by atoms with Crippen molar-refractivity contribution in [3.8, 4) is 0 Å². The van der Waals surface area contributed by atoms with E-state index in [0.29, 0.717) is 11.8 Å². The first-order valence-corrected chi connectivity index (χ1v) is 7.77. The maximum atomic E-state index is 5.91. The molecule has 0 amide bonds. The van der Waals surface area contributed by atoms with Crippen LogP contribution in [0.3, 0.4) is 0 Å². The molecule has 1 atom stereocenters. The summed E-state index contributed by atoms with van der Waals surface area (Å²) in [5, 5.41) is 0. The molecule has 0 radical (unpaired) electrons. The van der Waals surface area contributed by atoms with Gasteiger partial charge >= 0.3 is 0 Å². The summed E-state index contributed by atoms with van der Waals surface area (Å²) in [5.74, 6) is 1.87. The number of hydrogen-bond donors (Lipinski definition) is 0. The Morgan fingerprint density at radius 2 is 2.11 bits per heavy atom. The molecular formula is C15H23ClN2O. The zero-order valence-corrected chi connectivity index (χ0v) is 12.6. The molecule has 1 fully saturated rings. The second kappa shape index (κ2) is 7.20. The minimum atomic E-state index is 0.0370. The van der Waals surface area contributed by atoms with Crippen LogP contribution in [0.15, 0.2) is 6.20 Å².